The number of nitrogens with two attached hydrogens (primary N) is 1. The Bertz CT molecular complexity index is 1340. The second kappa shape index (κ2) is 11.2. The van der Waals surface area contributed by atoms with E-state index in [0.717, 1.165) is 41.3 Å². The summed E-state index contributed by atoms with van der Waals surface area (Å²) in [6.07, 6.45) is 4.08. The zero-order valence-corrected chi connectivity index (χ0v) is 20.4. The fourth-order valence-electron chi connectivity index (χ4n) is 4.41. The molecule has 1 heterocycles. The Labute approximate surface area is 210 Å². The average Bonchev–Trinajstić information content (AvgIpc) is 3.20. The van der Waals surface area contributed by atoms with Gasteiger partial charge < -0.3 is 30.4 Å². The smallest absolute Gasteiger partial charge is 0.338 e. The number of aryl methyl sites for hydroxylation is 1. The van der Waals surface area contributed by atoms with Crippen molar-refractivity contribution >= 4 is 22.6 Å². The third kappa shape index (κ3) is 5.80. The normalized spacial score (nSPS) is 12.1. The van der Waals surface area contributed by atoms with Gasteiger partial charge in [-0.15, -0.1) is 0 Å². The molecule has 0 unspecified atom stereocenters. The van der Waals surface area contributed by atoms with Crippen molar-refractivity contribution in [3.8, 4) is 11.5 Å². The molecule has 5 N–H and O–H groups in total. The predicted molar refractivity (Wildman–Crippen MR) is 140 cm³/mol. The highest BCUT2D eigenvalue weighted by Crippen LogP contribution is 2.32. The molecule has 0 aliphatic rings. The van der Waals surface area contributed by atoms with Crippen LogP contribution in [-0.4, -0.2) is 38.6 Å². The van der Waals surface area contributed by atoms with Gasteiger partial charge in [0, 0.05) is 29.2 Å². The third-order valence-electron chi connectivity index (χ3n) is 6.27. The van der Waals surface area contributed by atoms with Gasteiger partial charge in [-0.25, -0.2) is 4.79 Å². The van der Waals surface area contributed by atoms with Crippen molar-refractivity contribution in [1.29, 1.82) is 0 Å². The van der Waals surface area contributed by atoms with Gasteiger partial charge in [0.2, 0.25) is 0 Å². The maximum atomic E-state index is 12.3. The number of fused-ring (bicyclic) bond motifs is 1. The fraction of sp³-hybridized carbons (Fsp3) is 0.276. The number of ether oxygens (including phenoxy) is 1. The number of phenolic OH excluding ortho intramolecular Hbond substituents is 2. The lowest BCUT2D eigenvalue weighted by molar-refractivity contribution is 0.0259. The van der Waals surface area contributed by atoms with Gasteiger partial charge >= 0.3 is 5.97 Å². The summed E-state index contributed by atoms with van der Waals surface area (Å²) in [6, 6.07) is 17.7. The van der Waals surface area contributed by atoms with Crippen molar-refractivity contribution in [1.82, 2.24) is 4.57 Å². The van der Waals surface area contributed by atoms with E-state index in [1.165, 1.54) is 6.07 Å². The molecule has 0 saturated heterocycles. The van der Waals surface area contributed by atoms with Gasteiger partial charge in [0.1, 0.15) is 18.1 Å². The Morgan fingerprint density at radius 3 is 2.53 bits per heavy atom. The summed E-state index contributed by atoms with van der Waals surface area (Å²) in [7, 11) is 0. The first-order valence-electron chi connectivity index (χ1n) is 12.2. The average molecular weight is 489 g/mol. The maximum absolute atomic E-state index is 12.3. The number of nitrogens with zero attached hydrogens (tertiary/aromatic N) is 1. The van der Waals surface area contributed by atoms with Crippen LogP contribution in [0.2, 0.25) is 0 Å². The summed E-state index contributed by atoms with van der Waals surface area (Å²) in [4.78, 5) is 12.3. The van der Waals surface area contributed by atoms with E-state index in [-0.39, 0.29) is 31.1 Å². The largest absolute Gasteiger partial charge is 0.507 e. The van der Waals surface area contributed by atoms with E-state index in [1.807, 2.05) is 35.0 Å². The van der Waals surface area contributed by atoms with E-state index in [2.05, 4.69) is 6.92 Å². The van der Waals surface area contributed by atoms with Gasteiger partial charge in [0.05, 0.1) is 23.8 Å². The molecule has 3 aromatic carbocycles. The van der Waals surface area contributed by atoms with E-state index >= 15 is 0 Å². The van der Waals surface area contributed by atoms with Crippen molar-refractivity contribution in [3.63, 3.8) is 0 Å². The molecule has 0 amide bonds. The number of esters is 1. The van der Waals surface area contributed by atoms with Crippen LogP contribution in [0.15, 0.2) is 66.9 Å². The third-order valence-corrected chi connectivity index (χ3v) is 6.27. The standard InChI is InChI=1S/C29H32N2O5/c1-2-3-7-19-12-27(33)25(28(34)13-19)17-31-16-21(24-10-4-5-11-26(24)31)15-23(32)18-36-29(35)20-8-6-9-22(30)14-20/h4-6,8-14,16,23,32-34H,2-3,7,15,17-18,30H2,1H3/t23-/m0/s1. The predicted octanol–water partition coefficient (Wildman–Crippen LogP) is 4.79. The van der Waals surface area contributed by atoms with Crippen LogP contribution in [0.25, 0.3) is 10.9 Å². The minimum atomic E-state index is -0.908. The number of nitrogen functional groups attached to an aromatic ring is 1. The fourth-order valence-corrected chi connectivity index (χ4v) is 4.41. The van der Waals surface area contributed by atoms with Crippen LogP contribution in [0.5, 0.6) is 11.5 Å². The molecule has 0 spiro atoms. The molecule has 7 heteroatoms. The number of unbranched alkanes of at least 4 members (excludes halogenated alkanes) is 1. The van der Waals surface area contributed by atoms with Crippen molar-refractivity contribution in [2.45, 2.75) is 45.3 Å². The lowest BCUT2D eigenvalue weighted by Crippen LogP contribution is -2.21. The summed E-state index contributed by atoms with van der Waals surface area (Å²) in [6.45, 7) is 2.21. The van der Waals surface area contributed by atoms with Gasteiger partial charge in [-0.2, -0.15) is 0 Å². The van der Waals surface area contributed by atoms with Gasteiger partial charge in [-0.3, -0.25) is 0 Å². The van der Waals surface area contributed by atoms with E-state index in [1.54, 1.807) is 30.3 Å². The number of carbonyl (C=O) groups excluding carboxylic acids is 1. The molecular weight excluding hydrogens is 456 g/mol. The Kier molecular flexibility index (Phi) is 7.80. The molecule has 1 atom stereocenters. The number of aliphatic hydroxyl groups is 1. The molecule has 7 nitrogen and oxygen atoms in total. The second-order valence-corrected chi connectivity index (χ2v) is 9.10. The van der Waals surface area contributed by atoms with E-state index in [0.29, 0.717) is 16.8 Å². The summed E-state index contributed by atoms with van der Waals surface area (Å²) in [5, 5.41) is 32.8. The van der Waals surface area contributed by atoms with Crippen molar-refractivity contribution < 1.29 is 24.9 Å². The topological polar surface area (TPSA) is 118 Å². The Morgan fingerprint density at radius 2 is 1.81 bits per heavy atom. The van der Waals surface area contributed by atoms with Crippen LogP contribution < -0.4 is 5.73 Å². The van der Waals surface area contributed by atoms with E-state index in [9.17, 15) is 20.1 Å². The van der Waals surface area contributed by atoms with Gasteiger partial charge in [-0.1, -0.05) is 37.6 Å². The van der Waals surface area contributed by atoms with Crippen molar-refractivity contribution in [2.75, 3.05) is 12.3 Å². The van der Waals surface area contributed by atoms with Crippen LogP contribution >= 0.6 is 0 Å². The molecule has 0 fully saturated rings. The molecule has 4 rings (SSSR count). The lowest BCUT2D eigenvalue weighted by atomic mass is 10.0. The summed E-state index contributed by atoms with van der Waals surface area (Å²) in [5.74, 6) is -0.417. The first kappa shape index (κ1) is 25.1. The van der Waals surface area contributed by atoms with Gasteiger partial charge in [-0.05, 0) is 60.4 Å². The lowest BCUT2D eigenvalue weighted by Gasteiger charge is -2.12. The minimum absolute atomic E-state index is 0.0638. The van der Waals surface area contributed by atoms with Crippen LogP contribution in [0.1, 0.15) is 46.8 Å². The zero-order chi connectivity index (χ0) is 25.7. The number of hydrogen-bond donors (Lipinski definition) is 4. The molecule has 0 aliphatic carbocycles. The Hall–Kier alpha value is -3.97. The molecule has 0 aliphatic heterocycles. The second-order valence-electron chi connectivity index (χ2n) is 9.10. The number of anilines is 1. The number of carbonyl (C=O) groups is 1. The first-order valence-corrected chi connectivity index (χ1v) is 12.2. The molecule has 36 heavy (non-hydrogen) atoms. The monoisotopic (exact) mass is 488 g/mol. The summed E-state index contributed by atoms with van der Waals surface area (Å²) < 4.78 is 7.23. The van der Waals surface area contributed by atoms with Crippen molar-refractivity contribution in [2.24, 2.45) is 0 Å². The van der Waals surface area contributed by atoms with Crippen LogP contribution in [-0.2, 0) is 24.1 Å². The highest BCUT2D eigenvalue weighted by Gasteiger charge is 2.17. The minimum Gasteiger partial charge on any atom is -0.507 e. The maximum Gasteiger partial charge on any atom is 0.338 e. The number of para-hydroxylation sites is 1. The van der Waals surface area contributed by atoms with Crippen LogP contribution in [0, 0.1) is 0 Å². The van der Waals surface area contributed by atoms with Crippen molar-refractivity contribution in [3.05, 3.63) is 89.1 Å². The number of aromatic nitrogens is 1. The first-order chi connectivity index (χ1) is 17.4. The molecule has 1 aromatic heterocycles. The number of rotatable bonds is 10. The molecule has 0 radical (unpaired) electrons. The number of aliphatic hydroxyl groups excluding tert-OH is 1. The highest BCUT2D eigenvalue weighted by molar-refractivity contribution is 5.90. The Balaban J connectivity index is 1.50. The van der Waals surface area contributed by atoms with E-state index < -0.39 is 12.1 Å². The van der Waals surface area contributed by atoms with Crippen LogP contribution in [0.4, 0.5) is 5.69 Å². The molecule has 0 saturated carbocycles. The van der Waals surface area contributed by atoms with E-state index in [4.69, 9.17) is 10.5 Å². The SMILES string of the molecule is CCCCc1cc(O)c(Cn2cc(C[C@H](O)COC(=O)c3cccc(N)c3)c3ccccc32)c(O)c1. The van der Waals surface area contributed by atoms with Gasteiger partial charge in [0.15, 0.2) is 0 Å². The quantitative estimate of drug-likeness (QED) is 0.188. The number of hydrogen-bond acceptors (Lipinski definition) is 6. The highest BCUT2D eigenvalue weighted by atomic mass is 16.5. The molecule has 0 bridgehead atoms. The molecule has 188 valence electrons. The Morgan fingerprint density at radius 1 is 1.06 bits per heavy atom. The van der Waals surface area contributed by atoms with Crippen LogP contribution in [0.3, 0.4) is 0 Å². The molecular formula is C29H32N2O5. The molecule has 4 aromatic rings. The summed E-state index contributed by atoms with van der Waals surface area (Å²) >= 11 is 0. The number of benzene rings is 3. The zero-order valence-electron chi connectivity index (χ0n) is 20.4. The number of aromatic hydroxyl groups is 2. The number of phenols is 2. The van der Waals surface area contributed by atoms with Gasteiger partial charge in [0.25, 0.3) is 0 Å². The summed E-state index contributed by atoms with van der Waals surface area (Å²) in [5.41, 5.74) is 9.65.